The first kappa shape index (κ1) is 22.1. The fraction of sp³-hybridized carbons (Fsp3) is 0.591. The Labute approximate surface area is 177 Å². The average Bonchev–Trinajstić information content (AvgIpc) is 3.09. The molecule has 0 bridgehead atoms. The van der Waals surface area contributed by atoms with Crippen LogP contribution in [0, 0.1) is 5.92 Å². The van der Waals surface area contributed by atoms with Gasteiger partial charge in [0.25, 0.3) is 5.91 Å². The number of esters is 1. The lowest BCUT2D eigenvalue weighted by Crippen LogP contribution is -2.51. The van der Waals surface area contributed by atoms with E-state index >= 15 is 0 Å². The Kier molecular flexibility index (Phi) is 6.97. The van der Waals surface area contributed by atoms with E-state index < -0.39 is 18.0 Å². The van der Waals surface area contributed by atoms with Crippen LogP contribution >= 0.6 is 0 Å². The highest BCUT2D eigenvalue weighted by Crippen LogP contribution is 2.28. The van der Waals surface area contributed by atoms with Crippen LogP contribution in [0.25, 0.3) is 0 Å². The minimum atomic E-state index is -0.898. The quantitative estimate of drug-likeness (QED) is 0.657. The van der Waals surface area contributed by atoms with E-state index in [-0.39, 0.29) is 37.0 Å². The molecule has 2 aliphatic rings. The monoisotopic (exact) mass is 418 g/mol. The summed E-state index contributed by atoms with van der Waals surface area (Å²) in [7, 11) is 0. The molecule has 0 N–H and O–H groups in total. The Morgan fingerprint density at radius 3 is 2.37 bits per heavy atom. The number of amides is 2. The van der Waals surface area contributed by atoms with Crippen molar-refractivity contribution in [1.82, 2.24) is 4.90 Å². The number of carbonyl (C=O) groups is 3. The maximum absolute atomic E-state index is 12.7. The van der Waals surface area contributed by atoms with Gasteiger partial charge in [0.1, 0.15) is 5.75 Å². The molecule has 1 aromatic rings. The highest BCUT2D eigenvalue weighted by Gasteiger charge is 2.38. The Hall–Kier alpha value is -2.61. The van der Waals surface area contributed by atoms with Crippen molar-refractivity contribution in [3.8, 4) is 5.75 Å². The molecule has 0 aromatic heterocycles. The van der Waals surface area contributed by atoms with Gasteiger partial charge in [-0.05, 0) is 52.0 Å². The number of benzene rings is 1. The predicted octanol–water partition coefficient (Wildman–Crippen LogP) is 2.01. The van der Waals surface area contributed by atoms with Crippen LogP contribution in [-0.2, 0) is 23.9 Å². The molecule has 8 nitrogen and oxygen atoms in total. The number of anilines is 1. The highest BCUT2D eigenvalue weighted by molar-refractivity contribution is 5.99. The molecule has 3 rings (SSSR count). The number of hydrogen-bond acceptors (Lipinski definition) is 6. The van der Waals surface area contributed by atoms with Crippen LogP contribution < -0.4 is 9.64 Å². The van der Waals surface area contributed by atoms with E-state index in [0.29, 0.717) is 25.4 Å². The Bertz CT molecular complexity index is 770. The summed E-state index contributed by atoms with van der Waals surface area (Å²) in [5.74, 6) is -0.772. The first-order valence-electron chi connectivity index (χ1n) is 10.5. The maximum Gasteiger partial charge on any atom is 0.312 e. The molecule has 2 heterocycles. The van der Waals surface area contributed by atoms with Gasteiger partial charge in [0, 0.05) is 31.7 Å². The summed E-state index contributed by atoms with van der Waals surface area (Å²) in [6, 6.07) is 7.18. The molecule has 30 heavy (non-hydrogen) atoms. The van der Waals surface area contributed by atoms with E-state index in [2.05, 4.69) is 0 Å². The normalized spacial score (nSPS) is 25.2. The number of carbonyl (C=O) groups excluding carboxylic acids is 3. The number of morpholine rings is 1. The minimum Gasteiger partial charge on any atom is -0.494 e. The van der Waals surface area contributed by atoms with Crippen LogP contribution in [0.3, 0.4) is 0 Å². The lowest BCUT2D eigenvalue weighted by molar-refractivity contribution is -0.166. The number of rotatable bonds is 6. The van der Waals surface area contributed by atoms with Crippen molar-refractivity contribution in [1.29, 1.82) is 0 Å². The zero-order chi connectivity index (χ0) is 21.8. The summed E-state index contributed by atoms with van der Waals surface area (Å²) in [6.45, 7) is 9.04. The van der Waals surface area contributed by atoms with E-state index in [1.54, 1.807) is 41.0 Å². The van der Waals surface area contributed by atoms with Gasteiger partial charge in [0.2, 0.25) is 5.91 Å². The molecular formula is C22H30N2O6. The van der Waals surface area contributed by atoms with Gasteiger partial charge in [-0.3, -0.25) is 14.4 Å². The molecule has 2 aliphatic heterocycles. The van der Waals surface area contributed by atoms with Crippen molar-refractivity contribution in [2.24, 2.45) is 5.92 Å². The zero-order valence-corrected chi connectivity index (χ0v) is 18.0. The summed E-state index contributed by atoms with van der Waals surface area (Å²) in [6.07, 6.45) is -0.949. The van der Waals surface area contributed by atoms with Crippen molar-refractivity contribution in [3.63, 3.8) is 0 Å². The highest BCUT2D eigenvalue weighted by atomic mass is 16.5. The van der Waals surface area contributed by atoms with Gasteiger partial charge in [-0.1, -0.05) is 0 Å². The molecule has 2 amide bonds. The zero-order valence-electron chi connectivity index (χ0n) is 18.0. The summed E-state index contributed by atoms with van der Waals surface area (Å²) in [4.78, 5) is 41.0. The maximum atomic E-state index is 12.7. The van der Waals surface area contributed by atoms with Gasteiger partial charge in [-0.2, -0.15) is 0 Å². The molecular weight excluding hydrogens is 388 g/mol. The average molecular weight is 418 g/mol. The van der Waals surface area contributed by atoms with Crippen LogP contribution in [0.4, 0.5) is 5.69 Å². The standard InChI is InChI=1S/C22H30N2O6/c1-5-28-19-8-6-18(7-9-19)24-13-17(10-20(24)25)22(27)30-16(4)21(26)23-11-14(2)29-15(3)12-23/h6-9,14-17H,5,10-13H2,1-4H3/t14-,15+,16-,17-/m1/s1. The second kappa shape index (κ2) is 9.47. The first-order chi connectivity index (χ1) is 14.3. The lowest BCUT2D eigenvalue weighted by Gasteiger charge is -2.36. The third-order valence-electron chi connectivity index (χ3n) is 5.29. The third kappa shape index (κ3) is 5.11. The summed E-state index contributed by atoms with van der Waals surface area (Å²) >= 11 is 0. The van der Waals surface area contributed by atoms with Gasteiger partial charge in [0.05, 0.1) is 24.7 Å². The molecule has 8 heteroatoms. The molecule has 0 spiro atoms. The Morgan fingerprint density at radius 2 is 1.77 bits per heavy atom. The van der Waals surface area contributed by atoms with Crippen molar-refractivity contribution in [3.05, 3.63) is 24.3 Å². The molecule has 0 aliphatic carbocycles. The summed E-state index contributed by atoms with van der Waals surface area (Å²) in [5.41, 5.74) is 0.708. The minimum absolute atomic E-state index is 0.0595. The summed E-state index contributed by atoms with van der Waals surface area (Å²) < 4.78 is 16.5. The van der Waals surface area contributed by atoms with E-state index in [0.717, 1.165) is 5.75 Å². The second-order valence-electron chi connectivity index (χ2n) is 7.91. The molecule has 0 saturated carbocycles. The molecule has 0 unspecified atom stereocenters. The van der Waals surface area contributed by atoms with Crippen molar-refractivity contribution in [2.75, 3.05) is 31.1 Å². The van der Waals surface area contributed by atoms with Crippen LogP contribution in [-0.4, -0.2) is 67.2 Å². The Balaban J connectivity index is 1.56. The lowest BCUT2D eigenvalue weighted by atomic mass is 10.1. The van der Waals surface area contributed by atoms with Gasteiger partial charge >= 0.3 is 5.97 Å². The van der Waals surface area contributed by atoms with Crippen LogP contribution in [0.15, 0.2) is 24.3 Å². The van der Waals surface area contributed by atoms with Gasteiger partial charge in [0.15, 0.2) is 6.10 Å². The topological polar surface area (TPSA) is 85.4 Å². The van der Waals surface area contributed by atoms with Crippen LogP contribution in [0.2, 0.25) is 0 Å². The molecule has 164 valence electrons. The first-order valence-corrected chi connectivity index (χ1v) is 10.5. The van der Waals surface area contributed by atoms with Gasteiger partial charge in [-0.25, -0.2) is 0 Å². The van der Waals surface area contributed by atoms with Crippen LogP contribution in [0.5, 0.6) is 5.75 Å². The summed E-state index contributed by atoms with van der Waals surface area (Å²) in [5, 5.41) is 0. The largest absolute Gasteiger partial charge is 0.494 e. The van der Waals surface area contributed by atoms with Crippen molar-refractivity contribution in [2.45, 2.75) is 52.4 Å². The number of ether oxygens (including phenoxy) is 3. The van der Waals surface area contributed by atoms with Crippen molar-refractivity contribution < 1.29 is 28.6 Å². The molecule has 4 atom stereocenters. The van der Waals surface area contributed by atoms with Crippen LogP contribution in [0.1, 0.15) is 34.1 Å². The van der Waals surface area contributed by atoms with Gasteiger partial charge in [-0.15, -0.1) is 0 Å². The van der Waals surface area contributed by atoms with E-state index in [1.165, 1.54) is 0 Å². The molecule has 2 fully saturated rings. The van der Waals surface area contributed by atoms with E-state index in [9.17, 15) is 14.4 Å². The SMILES string of the molecule is CCOc1ccc(N2C[C@H](C(=O)O[C@H](C)C(=O)N3C[C@@H](C)O[C@@H](C)C3)CC2=O)cc1. The fourth-order valence-electron chi connectivity index (χ4n) is 3.94. The number of hydrogen-bond donors (Lipinski definition) is 0. The van der Waals surface area contributed by atoms with Crippen molar-refractivity contribution >= 4 is 23.5 Å². The third-order valence-corrected chi connectivity index (χ3v) is 5.29. The predicted molar refractivity (Wildman–Crippen MR) is 110 cm³/mol. The molecule has 1 aromatic carbocycles. The van der Waals surface area contributed by atoms with Gasteiger partial charge < -0.3 is 24.0 Å². The number of nitrogens with zero attached hydrogens (tertiary/aromatic N) is 2. The molecule has 2 saturated heterocycles. The smallest absolute Gasteiger partial charge is 0.312 e. The molecule has 0 radical (unpaired) electrons. The Morgan fingerprint density at radius 1 is 1.13 bits per heavy atom. The van der Waals surface area contributed by atoms with E-state index in [4.69, 9.17) is 14.2 Å². The second-order valence-corrected chi connectivity index (χ2v) is 7.91. The fourth-order valence-corrected chi connectivity index (χ4v) is 3.94. The van der Waals surface area contributed by atoms with E-state index in [1.807, 2.05) is 20.8 Å².